The molecule has 4 aliphatic carbocycles. The molecule has 35 heavy (non-hydrogen) atoms. The van der Waals surface area contributed by atoms with Crippen LogP contribution in [0.15, 0.2) is 0 Å². The highest BCUT2D eigenvalue weighted by Crippen LogP contribution is 2.70. The average Bonchev–Trinajstić information content (AvgIpc) is 3.13. The Morgan fingerprint density at radius 3 is 2.26 bits per heavy atom. The third-order valence-electron chi connectivity index (χ3n) is 10.3. The molecule has 0 heterocycles. The second kappa shape index (κ2) is 8.78. The molecule has 4 fully saturated rings. The number of Topliss-reactive ketones (excluding diaryl/α,β-unsaturated/α-hetero) is 1. The van der Waals surface area contributed by atoms with Gasteiger partial charge >= 0.3 is 11.9 Å². The van der Waals surface area contributed by atoms with Gasteiger partial charge in [-0.15, -0.1) is 0 Å². The number of aliphatic hydroxyl groups is 3. The van der Waals surface area contributed by atoms with Gasteiger partial charge < -0.3 is 29.5 Å². The number of aliphatic hydroxyl groups excluding tert-OH is 1. The number of ether oxygens (including phenoxy) is 3. The topological polar surface area (TPSA) is 140 Å². The number of hydrogen-bond donors (Lipinski definition) is 3. The molecule has 0 spiro atoms. The number of fused-ring (bicyclic) bond motifs is 5. The van der Waals surface area contributed by atoms with Crippen molar-refractivity contribution in [3.05, 3.63) is 0 Å². The second-order valence-corrected chi connectivity index (χ2v) is 11.8. The lowest BCUT2D eigenvalue weighted by atomic mass is 9.40. The molecule has 9 nitrogen and oxygen atoms in total. The lowest BCUT2D eigenvalue weighted by Crippen LogP contribution is -2.76. The predicted octanol–water partition coefficient (Wildman–Crippen LogP) is 1.74. The van der Waals surface area contributed by atoms with Crippen molar-refractivity contribution in [2.75, 3.05) is 13.7 Å². The van der Waals surface area contributed by atoms with Gasteiger partial charge in [-0.3, -0.25) is 14.4 Å². The minimum Gasteiger partial charge on any atom is -0.465 e. The van der Waals surface area contributed by atoms with Crippen molar-refractivity contribution in [3.63, 3.8) is 0 Å². The molecule has 0 radical (unpaired) electrons. The SMILES string of the molecule is COC1(O)CC[C@@]2(C)C(CC(O)[C@H]3[C@@H]4CC[C@H](C(C)=O)[C@@]4(COC(C)=O)CC(OC(C)=O)[C@@]32O)C1. The first-order valence-electron chi connectivity index (χ1n) is 12.7. The summed E-state index contributed by atoms with van der Waals surface area (Å²) in [7, 11) is 1.45. The summed E-state index contributed by atoms with van der Waals surface area (Å²) in [6.07, 6.45) is 0.641. The molecule has 0 amide bonds. The standard InChI is InChI=1S/C26H40O9/c1-14(27)18-6-7-19-22-20(30)10-17-11-25(31,33-5)9-8-23(17,4)26(22,32)21(35-16(3)29)12-24(18,19)13-34-15(2)28/h17-22,30-32H,6-13H2,1-5H3/t17?,18-,19+,20?,21?,22-,23+,24+,25?,26-/m1/s1. The first kappa shape index (κ1) is 26.5. The van der Waals surface area contributed by atoms with E-state index in [-0.39, 0.29) is 37.1 Å². The van der Waals surface area contributed by atoms with Gasteiger partial charge in [-0.05, 0) is 50.9 Å². The molecule has 0 aromatic rings. The van der Waals surface area contributed by atoms with Gasteiger partial charge in [0, 0.05) is 56.5 Å². The third-order valence-corrected chi connectivity index (χ3v) is 10.3. The van der Waals surface area contributed by atoms with Crippen molar-refractivity contribution in [2.24, 2.45) is 34.5 Å². The van der Waals surface area contributed by atoms with Crippen LogP contribution in [0.1, 0.15) is 72.6 Å². The van der Waals surface area contributed by atoms with Gasteiger partial charge in [0.1, 0.15) is 17.5 Å². The van der Waals surface area contributed by atoms with E-state index in [1.165, 1.54) is 27.9 Å². The van der Waals surface area contributed by atoms with Crippen LogP contribution in [0, 0.1) is 34.5 Å². The van der Waals surface area contributed by atoms with E-state index in [2.05, 4.69) is 0 Å². The summed E-state index contributed by atoms with van der Waals surface area (Å²) in [6.45, 7) is 6.04. The monoisotopic (exact) mass is 496 g/mol. The number of carbonyl (C=O) groups excluding carboxylic acids is 3. The zero-order valence-corrected chi connectivity index (χ0v) is 21.4. The fraction of sp³-hybridized carbons (Fsp3) is 0.885. The minimum atomic E-state index is -1.59. The van der Waals surface area contributed by atoms with Crippen LogP contribution >= 0.6 is 0 Å². The minimum absolute atomic E-state index is 0.0299. The highest BCUT2D eigenvalue weighted by Gasteiger charge is 2.75. The maximum Gasteiger partial charge on any atom is 0.303 e. The van der Waals surface area contributed by atoms with Crippen molar-refractivity contribution in [1.29, 1.82) is 0 Å². The van der Waals surface area contributed by atoms with Crippen LogP contribution in [0.3, 0.4) is 0 Å². The quantitative estimate of drug-likeness (QED) is 0.383. The number of hydrogen-bond acceptors (Lipinski definition) is 9. The molecule has 4 rings (SSSR count). The van der Waals surface area contributed by atoms with Gasteiger partial charge in [-0.2, -0.15) is 0 Å². The smallest absolute Gasteiger partial charge is 0.303 e. The van der Waals surface area contributed by atoms with Crippen molar-refractivity contribution in [1.82, 2.24) is 0 Å². The Hall–Kier alpha value is -1.55. The van der Waals surface area contributed by atoms with Gasteiger partial charge in [0.2, 0.25) is 0 Å². The third kappa shape index (κ3) is 3.85. The summed E-state index contributed by atoms with van der Waals surface area (Å²) in [5.41, 5.74) is -3.21. The maximum absolute atomic E-state index is 12.8. The Kier molecular flexibility index (Phi) is 6.65. The van der Waals surface area contributed by atoms with Gasteiger partial charge in [0.05, 0.1) is 12.7 Å². The Morgan fingerprint density at radius 1 is 1.00 bits per heavy atom. The molecule has 3 N–H and O–H groups in total. The largest absolute Gasteiger partial charge is 0.465 e. The summed E-state index contributed by atoms with van der Waals surface area (Å²) in [5.74, 6) is -4.11. The van der Waals surface area contributed by atoms with Crippen LogP contribution in [0.5, 0.6) is 0 Å². The highest BCUT2D eigenvalue weighted by molar-refractivity contribution is 5.80. The Labute approximate surface area is 206 Å². The molecule has 0 aliphatic heterocycles. The normalized spacial score (nSPS) is 48.8. The van der Waals surface area contributed by atoms with Crippen molar-refractivity contribution in [3.8, 4) is 0 Å². The molecule has 0 aromatic heterocycles. The molecule has 0 saturated heterocycles. The Balaban J connectivity index is 1.85. The predicted molar refractivity (Wildman–Crippen MR) is 123 cm³/mol. The van der Waals surface area contributed by atoms with Crippen LogP contribution < -0.4 is 0 Å². The summed E-state index contributed by atoms with van der Waals surface area (Å²) in [4.78, 5) is 36.9. The number of rotatable bonds is 5. The average molecular weight is 497 g/mol. The van der Waals surface area contributed by atoms with Gasteiger partial charge in [0.25, 0.3) is 0 Å². The number of ketones is 1. The number of carbonyl (C=O) groups is 3. The highest BCUT2D eigenvalue weighted by atomic mass is 16.6. The Morgan fingerprint density at radius 2 is 1.69 bits per heavy atom. The zero-order chi connectivity index (χ0) is 26.0. The molecular weight excluding hydrogens is 456 g/mol. The molecular formula is C26H40O9. The van der Waals surface area contributed by atoms with E-state index in [0.29, 0.717) is 32.1 Å². The molecule has 10 atom stereocenters. The molecule has 198 valence electrons. The van der Waals surface area contributed by atoms with E-state index in [1.807, 2.05) is 6.92 Å². The molecule has 0 aromatic carbocycles. The molecule has 4 aliphatic rings. The lowest BCUT2D eigenvalue weighted by Gasteiger charge is -2.68. The fourth-order valence-electron chi connectivity index (χ4n) is 8.65. The van der Waals surface area contributed by atoms with Crippen LogP contribution in [0.4, 0.5) is 0 Å². The summed E-state index contributed by atoms with van der Waals surface area (Å²) >= 11 is 0. The molecule has 9 heteroatoms. The summed E-state index contributed by atoms with van der Waals surface area (Å²) < 4.78 is 16.7. The summed E-state index contributed by atoms with van der Waals surface area (Å²) in [5, 5.41) is 35.1. The van der Waals surface area contributed by atoms with Crippen molar-refractivity contribution < 1.29 is 43.9 Å². The van der Waals surface area contributed by atoms with E-state index in [4.69, 9.17) is 14.2 Å². The van der Waals surface area contributed by atoms with E-state index >= 15 is 0 Å². The zero-order valence-electron chi connectivity index (χ0n) is 21.4. The molecule has 4 saturated carbocycles. The number of methoxy groups -OCH3 is 1. The Bertz CT molecular complexity index is 890. The maximum atomic E-state index is 12.8. The van der Waals surface area contributed by atoms with E-state index < -0.39 is 58.2 Å². The summed E-state index contributed by atoms with van der Waals surface area (Å²) in [6, 6.07) is 0. The first-order chi connectivity index (χ1) is 16.2. The molecule has 0 bridgehead atoms. The lowest BCUT2D eigenvalue weighted by molar-refractivity contribution is -0.331. The van der Waals surface area contributed by atoms with Crippen LogP contribution in [0.2, 0.25) is 0 Å². The van der Waals surface area contributed by atoms with Gasteiger partial charge in [0.15, 0.2) is 5.79 Å². The van der Waals surface area contributed by atoms with Gasteiger partial charge in [-0.25, -0.2) is 0 Å². The van der Waals surface area contributed by atoms with Crippen molar-refractivity contribution in [2.45, 2.75) is 96.2 Å². The van der Waals surface area contributed by atoms with Crippen LogP contribution in [-0.4, -0.2) is 70.4 Å². The van der Waals surface area contributed by atoms with Crippen LogP contribution in [-0.2, 0) is 28.6 Å². The molecule has 4 unspecified atom stereocenters. The number of esters is 2. The van der Waals surface area contributed by atoms with Gasteiger partial charge in [-0.1, -0.05) is 6.92 Å². The fourth-order valence-corrected chi connectivity index (χ4v) is 8.65. The second-order valence-electron chi connectivity index (χ2n) is 11.8. The van der Waals surface area contributed by atoms with E-state index in [1.54, 1.807) is 0 Å². The first-order valence-corrected chi connectivity index (χ1v) is 12.7. The van der Waals surface area contributed by atoms with Crippen LogP contribution in [0.25, 0.3) is 0 Å². The van der Waals surface area contributed by atoms with E-state index in [0.717, 1.165) is 0 Å². The van der Waals surface area contributed by atoms with E-state index in [9.17, 15) is 29.7 Å². The van der Waals surface area contributed by atoms with Crippen molar-refractivity contribution >= 4 is 17.7 Å².